The van der Waals surface area contributed by atoms with E-state index in [1.165, 1.54) is 17.7 Å². The fourth-order valence-corrected chi connectivity index (χ4v) is 2.81. The summed E-state index contributed by atoms with van der Waals surface area (Å²) < 4.78 is 0. The van der Waals surface area contributed by atoms with Crippen molar-refractivity contribution in [3.63, 3.8) is 0 Å². The second kappa shape index (κ2) is 7.56. The molecule has 1 aromatic carbocycles. The van der Waals surface area contributed by atoms with Crippen LogP contribution in [0.5, 0.6) is 0 Å². The van der Waals surface area contributed by atoms with Gasteiger partial charge in [-0.15, -0.1) is 11.8 Å². The van der Waals surface area contributed by atoms with Gasteiger partial charge in [-0.2, -0.15) is 0 Å². The van der Waals surface area contributed by atoms with Crippen LogP contribution in [0.2, 0.25) is 0 Å². The van der Waals surface area contributed by atoms with Gasteiger partial charge < -0.3 is 10.6 Å². The highest BCUT2D eigenvalue weighted by molar-refractivity contribution is 7.98. The minimum Gasteiger partial charge on any atom is -0.352 e. The lowest BCUT2D eigenvalue weighted by atomic mass is 9.96. The highest BCUT2D eigenvalue weighted by Gasteiger charge is 2.13. The number of rotatable bonds is 5. The summed E-state index contributed by atoms with van der Waals surface area (Å²) in [4.78, 5) is 13.1. The first-order chi connectivity index (χ1) is 9.29. The maximum absolute atomic E-state index is 12.0. The lowest BCUT2D eigenvalue weighted by molar-refractivity contribution is 0.0950. The number of thioether (sulfide) groups is 1. The van der Waals surface area contributed by atoms with Crippen LogP contribution in [0.4, 0.5) is 0 Å². The van der Waals surface area contributed by atoms with Gasteiger partial charge >= 0.3 is 0 Å². The number of piperidine rings is 1. The van der Waals surface area contributed by atoms with E-state index in [-0.39, 0.29) is 5.91 Å². The van der Waals surface area contributed by atoms with E-state index in [2.05, 4.69) is 10.6 Å². The van der Waals surface area contributed by atoms with Crippen molar-refractivity contribution in [1.82, 2.24) is 10.6 Å². The van der Waals surface area contributed by atoms with E-state index in [1.54, 1.807) is 11.8 Å². The van der Waals surface area contributed by atoms with Gasteiger partial charge in [0.25, 0.3) is 5.91 Å². The Kier molecular flexibility index (Phi) is 5.73. The fourth-order valence-electron chi connectivity index (χ4n) is 2.40. The smallest absolute Gasteiger partial charge is 0.251 e. The predicted molar refractivity (Wildman–Crippen MR) is 80.8 cm³/mol. The Morgan fingerprint density at radius 2 is 2.21 bits per heavy atom. The number of nitrogens with one attached hydrogen (secondary N) is 2. The highest BCUT2D eigenvalue weighted by Crippen LogP contribution is 2.15. The van der Waals surface area contributed by atoms with Gasteiger partial charge in [-0.1, -0.05) is 0 Å². The molecule has 104 valence electrons. The van der Waals surface area contributed by atoms with Crippen molar-refractivity contribution in [3.05, 3.63) is 29.8 Å². The van der Waals surface area contributed by atoms with E-state index in [4.69, 9.17) is 0 Å². The summed E-state index contributed by atoms with van der Waals surface area (Å²) >= 11 is 1.69. The van der Waals surface area contributed by atoms with Crippen molar-refractivity contribution in [3.8, 4) is 0 Å². The van der Waals surface area contributed by atoms with E-state index in [0.29, 0.717) is 5.92 Å². The molecule has 2 rings (SSSR count). The quantitative estimate of drug-likeness (QED) is 0.813. The average molecular weight is 278 g/mol. The van der Waals surface area contributed by atoms with Crippen molar-refractivity contribution in [1.29, 1.82) is 0 Å². The standard InChI is InChI=1S/C15H22N2OS/c1-19-14-6-4-13(5-7-14)15(18)17-10-8-12-3-2-9-16-11-12/h4-7,12,16H,2-3,8-11H2,1H3,(H,17,18). The van der Waals surface area contributed by atoms with Crippen molar-refractivity contribution >= 4 is 17.7 Å². The number of hydrogen-bond acceptors (Lipinski definition) is 3. The highest BCUT2D eigenvalue weighted by atomic mass is 32.2. The predicted octanol–water partition coefficient (Wildman–Crippen LogP) is 2.53. The molecule has 0 aromatic heterocycles. The first-order valence-corrected chi connectivity index (χ1v) is 8.15. The van der Waals surface area contributed by atoms with Crippen molar-refractivity contribution < 1.29 is 4.79 Å². The van der Waals surface area contributed by atoms with E-state index < -0.39 is 0 Å². The summed E-state index contributed by atoms with van der Waals surface area (Å²) in [5, 5.41) is 6.41. The monoisotopic (exact) mass is 278 g/mol. The van der Waals surface area contributed by atoms with Crippen molar-refractivity contribution in [2.45, 2.75) is 24.2 Å². The van der Waals surface area contributed by atoms with Crippen molar-refractivity contribution in [2.24, 2.45) is 5.92 Å². The van der Waals surface area contributed by atoms with Crippen LogP contribution in [-0.4, -0.2) is 31.8 Å². The first-order valence-electron chi connectivity index (χ1n) is 6.92. The molecule has 4 heteroatoms. The zero-order valence-corrected chi connectivity index (χ0v) is 12.3. The molecular weight excluding hydrogens is 256 g/mol. The number of benzene rings is 1. The van der Waals surface area contributed by atoms with Gasteiger partial charge in [0, 0.05) is 17.0 Å². The van der Waals surface area contributed by atoms with Gasteiger partial charge in [0.15, 0.2) is 0 Å². The summed E-state index contributed by atoms with van der Waals surface area (Å²) in [6, 6.07) is 7.77. The summed E-state index contributed by atoms with van der Waals surface area (Å²) in [6.45, 7) is 3.01. The maximum Gasteiger partial charge on any atom is 0.251 e. The zero-order chi connectivity index (χ0) is 13.5. The second-order valence-electron chi connectivity index (χ2n) is 4.99. The van der Waals surface area contributed by atoms with Gasteiger partial charge in [0.05, 0.1) is 0 Å². The van der Waals surface area contributed by atoms with Crippen LogP contribution in [0.1, 0.15) is 29.6 Å². The lowest BCUT2D eigenvalue weighted by Gasteiger charge is -2.22. The first kappa shape index (κ1) is 14.4. The zero-order valence-electron chi connectivity index (χ0n) is 11.4. The van der Waals surface area contributed by atoms with Gasteiger partial charge in [-0.05, 0) is 68.8 Å². The molecule has 1 aliphatic rings. The van der Waals surface area contributed by atoms with Crippen LogP contribution in [0.3, 0.4) is 0 Å². The third kappa shape index (κ3) is 4.55. The van der Waals surface area contributed by atoms with Crippen LogP contribution < -0.4 is 10.6 Å². The molecule has 0 radical (unpaired) electrons. The number of amides is 1. The average Bonchev–Trinajstić information content (AvgIpc) is 2.48. The van der Waals surface area contributed by atoms with Gasteiger partial charge in [-0.3, -0.25) is 4.79 Å². The molecule has 0 saturated carbocycles. The molecule has 2 N–H and O–H groups in total. The maximum atomic E-state index is 12.0. The molecule has 1 fully saturated rings. The molecule has 0 spiro atoms. The minimum absolute atomic E-state index is 0.0384. The van der Waals surface area contributed by atoms with Crippen LogP contribution in [0, 0.1) is 5.92 Å². The molecule has 1 aromatic rings. The van der Waals surface area contributed by atoms with Gasteiger partial charge in [-0.25, -0.2) is 0 Å². The Bertz CT molecular complexity index is 399. The van der Waals surface area contributed by atoms with Crippen LogP contribution in [0.15, 0.2) is 29.2 Å². The molecule has 1 unspecified atom stereocenters. The SMILES string of the molecule is CSc1ccc(C(=O)NCCC2CCCNC2)cc1. The Morgan fingerprint density at radius 3 is 2.84 bits per heavy atom. The second-order valence-corrected chi connectivity index (χ2v) is 5.87. The largest absolute Gasteiger partial charge is 0.352 e. The molecule has 1 atom stereocenters. The van der Waals surface area contributed by atoms with Crippen LogP contribution in [0.25, 0.3) is 0 Å². The summed E-state index contributed by atoms with van der Waals surface area (Å²) in [6.07, 6.45) is 5.65. The molecule has 3 nitrogen and oxygen atoms in total. The summed E-state index contributed by atoms with van der Waals surface area (Å²) in [5.74, 6) is 0.754. The fraction of sp³-hybridized carbons (Fsp3) is 0.533. The van der Waals surface area contributed by atoms with Gasteiger partial charge in [0.2, 0.25) is 0 Å². The molecule has 0 bridgehead atoms. The molecule has 1 aliphatic heterocycles. The number of carbonyl (C=O) groups is 1. The van der Waals surface area contributed by atoms with E-state index >= 15 is 0 Å². The lowest BCUT2D eigenvalue weighted by Crippen LogP contribution is -2.33. The van der Waals surface area contributed by atoms with Gasteiger partial charge in [0.1, 0.15) is 0 Å². The Balaban J connectivity index is 1.73. The molecule has 1 saturated heterocycles. The number of hydrogen-bond donors (Lipinski definition) is 2. The molecule has 1 heterocycles. The Labute approximate surface area is 119 Å². The van der Waals surface area contributed by atoms with Crippen LogP contribution in [-0.2, 0) is 0 Å². The van der Waals surface area contributed by atoms with Crippen LogP contribution >= 0.6 is 11.8 Å². The summed E-state index contributed by atoms with van der Waals surface area (Å²) in [7, 11) is 0. The van der Waals surface area contributed by atoms with Crippen molar-refractivity contribution in [2.75, 3.05) is 25.9 Å². The Morgan fingerprint density at radius 1 is 1.42 bits per heavy atom. The minimum atomic E-state index is 0.0384. The van der Waals surface area contributed by atoms with E-state index in [1.807, 2.05) is 30.5 Å². The normalized spacial score (nSPS) is 19.1. The number of carbonyl (C=O) groups excluding carboxylic acids is 1. The molecular formula is C15H22N2OS. The third-order valence-electron chi connectivity index (χ3n) is 3.59. The Hall–Kier alpha value is -1.00. The third-order valence-corrected chi connectivity index (χ3v) is 4.33. The topological polar surface area (TPSA) is 41.1 Å². The molecule has 1 amide bonds. The summed E-state index contributed by atoms with van der Waals surface area (Å²) in [5.41, 5.74) is 0.750. The molecule has 0 aliphatic carbocycles. The molecule has 19 heavy (non-hydrogen) atoms. The van der Waals surface area contributed by atoms with E-state index in [9.17, 15) is 4.79 Å². The van der Waals surface area contributed by atoms with E-state index in [0.717, 1.165) is 31.6 Å².